The Labute approximate surface area is 129 Å². The van der Waals surface area contributed by atoms with Crippen molar-refractivity contribution in [2.24, 2.45) is 5.73 Å². The summed E-state index contributed by atoms with van der Waals surface area (Å²) in [6.45, 7) is 2.64. The van der Waals surface area contributed by atoms with Crippen LogP contribution in [-0.4, -0.2) is 30.6 Å². The van der Waals surface area contributed by atoms with E-state index in [2.05, 4.69) is 5.32 Å². The highest BCUT2D eigenvalue weighted by atomic mass is 35.5. The Kier molecular flexibility index (Phi) is 7.80. The van der Waals surface area contributed by atoms with Crippen LogP contribution in [0.1, 0.15) is 19.8 Å². The number of nitrogens with two attached hydrogens (primary N) is 1. The molecule has 6 heteroatoms. The van der Waals surface area contributed by atoms with Crippen molar-refractivity contribution < 1.29 is 9.53 Å². The predicted molar refractivity (Wildman–Crippen MR) is 86.8 cm³/mol. The molecule has 0 fully saturated rings. The Morgan fingerprint density at radius 1 is 1.55 bits per heavy atom. The van der Waals surface area contributed by atoms with Crippen LogP contribution in [-0.2, 0) is 4.79 Å². The fourth-order valence-electron chi connectivity index (χ4n) is 1.52. The molecule has 0 saturated carbocycles. The summed E-state index contributed by atoms with van der Waals surface area (Å²) in [5, 5.41) is 3.24. The summed E-state index contributed by atoms with van der Waals surface area (Å²) in [5.41, 5.74) is 6.43. The number of hydrogen-bond donors (Lipinski definition) is 2. The molecule has 1 amide bonds. The molecule has 0 radical (unpaired) electrons. The molecule has 1 atom stereocenters. The van der Waals surface area contributed by atoms with Gasteiger partial charge >= 0.3 is 0 Å². The second-order valence-corrected chi connectivity index (χ2v) is 5.76. The van der Waals surface area contributed by atoms with E-state index in [0.29, 0.717) is 29.5 Å². The van der Waals surface area contributed by atoms with E-state index in [0.717, 1.165) is 12.2 Å². The van der Waals surface area contributed by atoms with E-state index in [4.69, 9.17) is 22.1 Å². The average molecular weight is 317 g/mol. The van der Waals surface area contributed by atoms with Crippen LogP contribution >= 0.6 is 23.4 Å². The summed E-state index contributed by atoms with van der Waals surface area (Å²) in [5.74, 6) is 1.29. The smallest absolute Gasteiger partial charge is 0.241 e. The quantitative estimate of drug-likeness (QED) is 0.773. The fraction of sp³-hybridized carbons (Fsp3) is 0.500. The molecule has 1 aromatic carbocycles. The lowest BCUT2D eigenvalue weighted by Crippen LogP contribution is -2.36. The number of hydrogen-bond acceptors (Lipinski definition) is 4. The molecular formula is C14H21ClN2O2S. The molecule has 3 N–H and O–H groups in total. The number of benzene rings is 1. The minimum Gasteiger partial charge on any atom is -0.492 e. The Morgan fingerprint density at radius 3 is 2.90 bits per heavy atom. The van der Waals surface area contributed by atoms with Gasteiger partial charge < -0.3 is 15.8 Å². The van der Waals surface area contributed by atoms with Gasteiger partial charge in [-0.05, 0) is 43.0 Å². The van der Waals surface area contributed by atoms with Gasteiger partial charge in [0.15, 0.2) is 0 Å². The number of anilines is 1. The second kappa shape index (κ2) is 9.10. The van der Waals surface area contributed by atoms with Gasteiger partial charge in [-0.1, -0.05) is 18.5 Å². The molecule has 1 rings (SSSR count). The van der Waals surface area contributed by atoms with Crippen molar-refractivity contribution in [2.45, 2.75) is 25.8 Å². The van der Waals surface area contributed by atoms with Gasteiger partial charge in [0.2, 0.25) is 5.91 Å². The molecule has 112 valence electrons. The van der Waals surface area contributed by atoms with Crippen molar-refractivity contribution in [1.29, 1.82) is 0 Å². The lowest BCUT2D eigenvalue weighted by Gasteiger charge is -2.13. The summed E-state index contributed by atoms with van der Waals surface area (Å²) in [4.78, 5) is 11.9. The van der Waals surface area contributed by atoms with Crippen molar-refractivity contribution in [1.82, 2.24) is 0 Å². The Morgan fingerprint density at radius 2 is 2.30 bits per heavy atom. The number of carbonyl (C=O) groups excluding carboxylic acids is 1. The summed E-state index contributed by atoms with van der Waals surface area (Å²) in [6, 6.07) is 4.68. The lowest BCUT2D eigenvalue weighted by atomic mass is 10.2. The molecule has 0 heterocycles. The number of amides is 1. The maximum absolute atomic E-state index is 11.9. The molecule has 0 aliphatic rings. The first kappa shape index (κ1) is 17.1. The summed E-state index contributed by atoms with van der Waals surface area (Å²) in [7, 11) is 0. The van der Waals surface area contributed by atoms with E-state index in [1.165, 1.54) is 0 Å². The van der Waals surface area contributed by atoms with Crippen molar-refractivity contribution in [3.05, 3.63) is 23.2 Å². The van der Waals surface area contributed by atoms with Crippen molar-refractivity contribution >= 4 is 35.0 Å². The topological polar surface area (TPSA) is 64.3 Å². The van der Waals surface area contributed by atoms with Gasteiger partial charge in [-0.15, -0.1) is 0 Å². The maximum atomic E-state index is 11.9. The van der Waals surface area contributed by atoms with Crippen LogP contribution in [0.2, 0.25) is 5.02 Å². The van der Waals surface area contributed by atoms with E-state index >= 15 is 0 Å². The van der Waals surface area contributed by atoms with E-state index < -0.39 is 6.04 Å². The molecule has 0 bridgehead atoms. The first-order valence-electron chi connectivity index (χ1n) is 6.56. The zero-order valence-electron chi connectivity index (χ0n) is 11.8. The van der Waals surface area contributed by atoms with E-state index in [1.807, 2.05) is 13.2 Å². The summed E-state index contributed by atoms with van der Waals surface area (Å²) >= 11 is 7.77. The number of ether oxygens (including phenoxy) is 1. The molecule has 4 nitrogen and oxygen atoms in total. The zero-order chi connectivity index (χ0) is 15.0. The zero-order valence-corrected chi connectivity index (χ0v) is 13.4. The largest absolute Gasteiger partial charge is 0.492 e. The van der Waals surface area contributed by atoms with E-state index in [1.54, 1.807) is 30.0 Å². The molecule has 20 heavy (non-hydrogen) atoms. The monoisotopic (exact) mass is 316 g/mol. The van der Waals surface area contributed by atoms with E-state index in [-0.39, 0.29) is 5.91 Å². The van der Waals surface area contributed by atoms with Gasteiger partial charge in [-0.3, -0.25) is 4.79 Å². The average Bonchev–Trinajstić information content (AvgIpc) is 2.43. The minimum absolute atomic E-state index is 0.197. The molecule has 1 aromatic rings. The van der Waals surface area contributed by atoms with Crippen LogP contribution in [0.5, 0.6) is 5.75 Å². The Balaban J connectivity index is 2.60. The number of thioether (sulfide) groups is 1. The highest BCUT2D eigenvalue weighted by Crippen LogP contribution is 2.27. The molecular weight excluding hydrogens is 296 g/mol. The number of carbonyl (C=O) groups is 1. The third-order valence-electron chi connectivity index (χ3n) is 2.63. The van der Waals surface area contributed by atoms with Gasteiger partial charge in [0.25, 0.3) is 0 Å². The number of nitrogens with one attached hydrogen (secondary N) is 1. The third kappa shape index (κ3) is 5.61. The highest BCUT2D eigenvalue weighted by Gasteiger charge is 2.13. The third-order valence-corrected chi connectivity index (χ3v) is 3.57. The molecule has 0 spiro atoms. The van der Waals surface area contributed by atoms with Crippen molar-refractivity contribution in [2.75, 3.05) is 23.9 Å². The van der Waals surface area contributed by atoms with Gasteiger partial charge in [0.05, 0.1) is 17.7 Å². The van der Waals surface area contributed by atoms with Crippen LogP contribution in [0.25, 0.3) is 0 Å². The SMILES string of the molecule is CCCOc1ccc(NC(=O)[C@@H](N)CCSC)cc1Cl. The lowest BCUT2D eigenvalue weighted by molar-refractivity contribution is -0.117. The van der Waals surface area contributed by atoms with Crippen LogP contribution in [0.15, 0.2) is 18.2 Å². The summed E-state index contributed by atoms with van der Waals surface area (Å²) < 4.78 is 5.47. The fourth-order valence-corrected chi connectivity index (χ4v) is 2.24. The van der Waals surface area contributed by atoms with Gasteiger partial charge in [0.1, 0.15) is 5.75 Å². The highest BCUT2D eigenvalue weighted by molar-refractivity contribution is 7.98. The van der Waals surface area contributed by atoms with Gasteiger partial charge in [-0.2, -0.15) is 11.8 Å². The predicted octanol–water partition coefficient (Wildman–Crippen LogP) is 3.15. The molecule has 0 unspecified atom stereocenters. The normalized spacial score (nSPS) is 12.0. The molecule has 0 aromatic heterocycles. The Bertz CT molecular complexity index is 443. The maximum Gasteiger partial charge on any atom is 0.241 e. The molecule has 0 aliphatic carbocycles. The van der Waals surface area contributed by atoms with Crippen LogP contribution in [0, 0.1) is 0 Å². The van der Waals surface area contributed by atoms with Gasteiger partial charge in [0, 0.05) is 5.69 Å². The van der Waals surface area contributed by atoms with E-state index in [9.17, 15) is 4.79 Å². The first-order chi connectivity index (χ1) is 9.58. The van der Waals surface area contributed by atoms with Gasteiger partial charge in [-0.25, -0.2) is 0 Å². The van der Waals surface area contributed by atoms with Crippen LogP contribution in [0.3, 0.4) is 0 Å². The minimum atomic E-state index is -0.503. The van der Waals surface area contributed by atoms with Crippen molar-refractivity contribution in [3.8, 4) is 5.75 Å². The molecule has 0 aliphatic heterocycles. The van der Waals surface area contributed by atoms with Crippen LogP contribution < -0.4 is 15.8 Å². The standard InChI is InChI=1S/C14H21ClN2O2S/c1-3-7-19-13-5-4-10(9-11(13)15)17-14(18)12(16)6-8-20-2/h4-5,9,12H,3,6-8,16H2,1-2H3,(H,17,18)/t12-/m0/s1. The Hall–Kier alpha value is -0.910. The number of rotatable bonds is 8. The second-order valence-electron chi connectivity index (χ2n) is 4.37. The molecule has 0 saturated heterocycles. The summed E-state index contributed by atoms with van der Waals surface area (Å²) in [6.07, 6.45) is 3.55. The van der Waals surface area contributed by atoms with Crippen LogP contribution in [0.4, 0.5) is 5.69 Å². The first-order valence-corrected chi connectivity index (χ1v) is 8.33. The number of halogens is 1. The van der Waals surface area contributed by atoms with Crippen molar-refractivity contribution in [3.63, 3.8) is 0 Å².